The van der Waals surface area contributed by atoms with E-state index in [1.807, 2.05) is 41.3 Å². The lowest BCUT2D eigenvalue weighted by molar-refractivity contribution is -0.162. The molecule has 29 heavy (non-hydrogen) atoms. The first-order valence-corrected chi connectivity index (χ1v) is 10.0. The Balaban J connectivity index is 1.57. The number of fused-ring (bicyclic) bond motifs is 1. The average Bonchev–Trinajstić information content (AvgIpc) is 3.25. The van der Waals surface area contributed by atoms with Crippen LogP contribution < -0.4 is 0 Å². The van der Waals surface area contributed by atoms with E-state index < -0.39 is 6.04 Å². The molecule has 1 aromatic heterocycles. The van der Waals surface area contributed by atoms with Crippen LogP contribution in [0.2, 0.25) is 0 Å². The first-order chi connectivity index (χ1) is 14.2. The van der Waals surface area contributed by atoms with Crippen molar-refractivity contribution in [2.45, 2.75) is 25.0 Å². The zero-order chi connectivity index (χ0) is 20.2. The van der Waals surface area contributed by atoms with Crippen LogP contribution in [-0.4, -0.2) is 78.5 Å². The van der Waals surface area contributed by atoms with Crippen molar-refractivity contribution in [3.8, 4) is 0 Å². The van der Waals surface area contributed by atoms with Crippen molar-refractivity contribution in [3.05, 3.63) is 60.1 Å². The second-order valence-corrected chi connectivity index (χ2v) is 7.63. The summed E-state index contributed by atoms with van der Waals surface area (Å²) in [6.07, 6.45) is 3.96. The van der Waals surface area contributed by atoms with Gasteiger partial charge in [-0.3, -0.25) is 14.5 Å². The van der Waals surface area contributed by atoms with E-state index in [1.54, 1.807) is 24.5 Å². The Bertz CT molecular complexity index is 824. The highest BCUT2D eigenvalue weighted by atomic mass is 16.5. The second-order valence-electron chi connectivity index (χ2n) is 7.63. The molecule has 0 radical (unpaired) electrons. The number of methoxy groups -OCH3 is 1. The van der Waals surface area contributed by atoms with Crippen LogP contribution >= 0.6 is 0 Å². The summed E-state index contributed by atoms with van der Waals surface area (Å²) < 4.78 is 10.3. The first kappa shape index (κ1) is 19.7. The molecule has 0 unspecified atom stereocenters. The van der Waals surface area contributed by atoms with Crippen LogP contribution in [0.1, 0.15) is 11.1 Å². The number of carbonyl (C=O) groups excluding carboxylic acids is 2. The predicted molar refractivity (Wildman–Crippen MR) is 107 cm³/mol. The molecule has 0 N–H and O–H groups in total. The summed E-state index contributed by atoms with van der Waals surface area (Å²) >= 11 is 0. The maximum absolute atomic E-state index is 13.4. The third kappa shape index (κ3) is 4.21. The number of hydrogen-bond acceptors (Lipinski definition) is 5. The van der Waals surface area contributed by atoms with Gasteiger partial charge in [-0.25, -0.2) is 0 Å². The van der Waals surface area contributed by atoms with Crippen LogP contribution in [0.15, 0.2) is 53.3 Å². The molecule has 0 bridgehead atoms. The van der Waals surface area contributed by atoms with Crippen LogP contribution in [0.3, 0.4) is 0 Å². The molecular weight excluding hydrogens is 370 g/mol. The monoisotopic (exact) mass is 397 g/mol. The summed E-state index contributed by atoms with van der Waals surface area (Å²) in [7, 11) is 1.63. The third-order valence-corrected chi connectivity index (χ3v) is 5.80. The molecule has 4 rings (SSSR count). The maximum atomic E-state index is 13.4. The highest BCUT2D eigenvalue weighted by Gasteiger charge is 2.46. The van der Waals surface area contributed by atoms with Gasteiger partial charge < -0.3 is 19.0 Å². The number of hydrogen-bond donors (Lipinski definition) is 0. The molecule has 2 aliphatic rings. The van der Waals surface area contributed by atoms with E-state index in [9.17, 15) is 9.59 Å². The molecule has 0 spiro atoms. The van der Waals surface area contributed by atoms with Gasteiger partial charge in [0.05, 0.1) is 25.2 Å². The minimum absolute atomic E-state index is 0.0111. The minimum Gasteiger partial charge on any atom is -0.472 e. The van der Waals surface area contributed by atoms with E-state index >= 15 is 0 Å². The van der Waals surface area contributed by atoms with Crippen molar-refractivity contribution in [2.75, 3.05) is 39.9 Å². The second kappa shape index (κ2) is 8.80. The van der Waals surface area contributed by atoms with Crippen molar-refractivity contribution >= 4 is 11.8 Å². The van der Waals surface area contributed by atoms with Crippen LogP contribution in [0.25, 0.3) is 0 Å². The third-order valence-electron chi connectivity index (χ3n) is 5.80. The number of furan rings is 1. The predicted octanol–water partition coefficient (Wildman–Crippen LogP) is 1.39. The molecule has 2 aromatic rings. The Morgan fingerprint density at radius 1 is 1.07 bits per heavy atom. The van der Waals surface area contributed by atoms with Crippen LogP contribution in [0, 0.1) is 0 Å². The molecule has 154 valence electrons. The molecule has 0 aliphatic carbocycles. The van der Waals surface area contributed by atoms with Crippen molar-refractivity contribution in [3.63, 3.8) is 0 Å². The number of piperazine rings is 2. The zero-order valence-electron chi connectivity index (χ0n) is 16.7. The highest BCUT2D eigenvalue weighted by Crippen LogP contribution is 2.26. The standard InChI is InChI=1S/C22H27N3O4/c1-28-12-10-23-8-9-25-20(21(23)26)15-24(14-18-7-11-29-16-18)19(22(25)27)13-17-5-3-2-4-6-17/h2-7,11,16,19-20H,8-10,12-15H2,1H3/t19-,20-/m0/s1. The van der Waals surface area contributed by atoms with Crippen LogP contribution in [0.4, 0.5) is 0 Å². The Kier molecular flexibility index (Phi) is 5.97. The van der Waals surface area contributed by atoms with Gasteiger partial charge in [-0.1, -0.05) is 30.3 Å². The quantitative estimate of drug-likeness (QED) is 0.707. The van der Waals surface area contributed by atoms with E-state index in [4.69, 9.17) is 9.15 Å². The van der Waals surface area contributed by atoms with Crippen molar-refractivity contribution in [2.24, 2.45) is 0 Å². The lowest BCUT2D eigenvalue weighted by Crippen LogP contribution is -2.69. The fourth-order valence-corrected chi connectivity index (χ4v) is 4.25. The largest absolute Gasteiger partial charge is 0.472 e. The highest BCUT2D eigenvalue weighted by molar-refractivity contribution is 5.92. The number of nitrogens with zero attached hydrogens (tertiary/aromatic N) is 3. The fourth-order valence-electron chi connectivity index (χ4n) is 4.25. The van der Waals surface area contributed by atoms with E-state index in [0.29, 0.717) is 45.8 Å². The van der Waals surface area contributed by atoms with Crippen molar-refractivity contribution < 1.29 is 18.7 Å². The zero-order valence-corrected chi connectivity index (χ0v) is 16.7. The number of rotatable bonds is 7. The number of ether oxygens (including phenoxy) is 1. The van der Waals surface area contributed by atoms with Crippen LogP contribution in [0.5, 0.6) is 0 Å². The van der Waals surface area contributed by atoms with Gasteiger partial charge in [-0.2, -0.15) is 0 Å². The van der Waals surface area contributed by atoms with E-state index in [-0.39, 0.29) is 17.9 Å². The number of benzene rings is 1. The van der Waals surface area contributed by atoms with Gasteiger partial charge >= 0.3 is 0 Å². The smallest absolute Gasteiger partial charge is 0.246 e. The first-order valence-electron chi connectivity index (χ1n) is 10.0. The molecule has 7 heteroatoms. The summed E-state index contributed by atoms with van der Waals surface area (Å²) in [6.45, 7) is 3.30. The van der Waals surface area contributed by atoms with Gasteiger partial charge in [-0.15, -0.1) is 0 Å². The fraction of sp³-hybridized carbons (Fsp3) is 0.455. The van der Waals surface area contributed by atoms with Gasteiger partial charge in [-0.05, 0) is 18.1 Å². The van der Waals surface area contributed by atoms with Gasteiger partial charge in [0.2, 0.25) is 11.8 Å². The lowest BCUT2D eigenvalue weighted by atomic mass is 9.96. The molecule has 2 aliphatic heterocycles. The number of carbonyl (C=O) groups is 2. The summed E-state index contributed by atoms with van der Waals surface area (Å²) in [6, 6.07) is 11.2. The number of amides is 2. The lowest BCUT2D eigenvalue weighted by Gasteiger charge is -2.49. The SMILES string of the molecule is COCCN1CCN2C(=O)[C@H](Cc3ccccc3)N(Cc3ccoc3)C[C@H]2C1=O. The Labute approximate surface area is 170 Å². The normalized spacial score (nSPS) is 22.8. The van der Waals surface area contributed by atoms with E-state index in [0.717, 1.165) is 11.1 Å². The molecule has 0 saturated carbocycles. The van der Waals surface area contributed by atoms with Crippen molar-refractivity contribution in [1.29, 1.82) is 0 Å². The van der Waals surface area contributed by atoms with Gasteiger partial charge in [0.1, 0.15) is 6.04 Å². The van der Waals surface area contributed by atoms with Gasteiger partial charge in [0, 0.05) is 45.4 Å². The molecular formula is C22H27N3O4. The molecule has 3 heterocycles. The summed E-state index contributed by atoms with van der Waals surface area (Å²) in [5.41, 5.74) is 2.12. The Morgan fingerprint density at radius 3 is 2.62 bits per heavy atom. The average molecular weight is 397 g/mol. The van der Waals surface area contributed by atoms with E-state index in [2.05, 4.69) is 4.90 Å². The molecule has 2 fully saturated rings. The van der Waals surface area contributed by atoms with Gasteiger partial charge in [0.25, 0.3) is 0 Å². The van der Waals surface area contributed by atoms with E-state index in [1.165, 1.54) is 0 Å². The Hall–Kier alpha value is -2.64. The minimum atomic E-state index is -0.438. The molecule has 2 saturated heterocycles. The maximum Gasteiger partial charge on any atom is 0.246 e. The van der Waals surface area contributed by atoms with Crippen LogP contribution in [-0.2, 0) is 27.3 Å². The topological polar surface area (TPSA) is 66.2 Å². The van der Waals surface area contributed by atoms with Crippen molar-refractivity contribution in [1.82, 2.24) is 14.7 Å². The summed E-state index contributed by atoms with van der Waals surface area (Å²) in [5.74, 6) is 0.0466. The molecule has 2 atom stereocenters. The molecule has 7 nitrogen and oxygen atoms in total. The molecule has 1 aromatic carbocycles. The van der Waals surface area contributed by atoms with Gasteiger partial charge in [0.15, 0.2) is 0 Å². The molecule has 2 amide bonds. The Morgan fingerprint density at radius 2 is 1.90 bits per heavy atom. The summed E-state index contributed by atoms with van der Waals surface area (Å²) in [4.78, 5) is 32.2. The summed E-state index contributed by atoms with van der Waals surface area (Å²) in [5, 5.41) is 0.